The van der Waals surface area contributed by atoms with Crippen LogP contribution in [-0.2, 0) is 6.54 Å². The van der Waals surface area contributed by atoms with Crippen LogP contribution in [0.5, 0.6) is 0 Å². The Hall–Kier alpha value is -2.92. The Morgan fingerprint density at radius 1 is 0.900 bits per heavy atom. The summed E-state index contributed by atoms with van der Waals surface area (Å²) in [6.07, 6.45) is 3.99. The Morgan fingerprint density at radius 3 is 2.27 bits per heavy atom. The number of hydrogen-bond donors (Lipinski definition) is 0. The van der Waals surface area contributed by atoms with Crippen molar-refractivity contribution >= 4 is 16.7 Å². The van der Waals surface area contributed by atoms with E-state index < -0.39 is 0 Å². The summed E-state index contributed by atoms with van der Waals surface area (Å²) in [7, 11) is 0. The SMILES string of the molecule is CCN(CC)c1ccc2cc(-c3cc[n+](Cc4ccccc4)cc3)c(=O)oc2c1.[Br-]. The summed E-state index contributed by atoms with van der Waals surface area (Å²) >= 11 is 0. The third-order valence-electron chi connectivity index (χ3n) is 5.26. The summed E-state index contributed by atoms with van der Waals surface area (Å²) in [5.74, 6) is 0. The maximum absolute atomic E-state index is 12.6. The van der Waals surface area contributed by atoms with Gasteiger partial charge >= 0.3 is 5.63 Å². The fraction of sp³-hybridized carbons (Fsp3) is 0.200. The molecule has 0 N–H and O–H groups in total. The van der Waals surface area contributed by atoms with Gasteiger partial charge in [-0.3, -0.25) is 0 Å². The largest absolute Gasteiger partial charge is 1.00 e. The molecule has 4 nitrogen and oxygen atoms in total. The molecule has 2 aromatic heterocycles. The molecule has 2 heterocycles. The first-order valence-corrected chi connectivity index (χ1v) is 10.0. The van der Waals surface area contributed by atoms with Gasteiger partial charge in [0, 0.05) is 53.5 Å². The van der Waals surface area contributed by atoms with Crippen LogP contribution in [-0.4, -0.2) is 13.1 Å². The van der Waals surface area contributed by atoms with Crippen LogP contribution < -0.4 is 32.1 Å². The second-order valence-corrected chi connectivity index (χ2v) is 7.09. The van der Waals surface area contributed by atoms with E-state index in [9.17, 15) is 4.79 Å². The molecule has 154 valence electrons. The third-order valence-corrected chi connectivity index (χ3v) is 5.26. The number of halogens is 1. The third kappa shape index (κ3) is 4.62. The highest BCUT2D eigenvalue weighted by atomic mass is 79.9. The summed E-state index contributed by atoms with van der Waals surface area (Å²) in [4.78, 5) is 14.9. The van der Waals surface area contributed by atoms with Crippen molar-refractivity contribution in [2.45, 2.75) is 20.4 Å². The van der Waals surface area contributed by atoms with Gasteiger partial charge in [0.05, 0.1) is 5.56 Å². The number of fused-ring (bicyclic) bond motifs is 1. The first kappa shape index (κ1) is 21.8. The van der Waals surface area contributed by atoms with E-state index in [2.05, 4.69) is 41.5 Å². The Kier molecular flexibility index (Phi) is 7.06. The summed E-state index contributed by atoms with van der Waals surface area (Å²) in [5.41, 5.74) is 4.06. The van der Waals surface area contributed by atoms with E-state index >= 15 is 0 Å². The lowest BCUT2D eigenvalue weighted by Gasteiger charge is -2.21. The molecule has 0 amide bonds. The minimum Gasteiger partial charge on any atom is -1.00 e. The predicted octanol–water partition coefficient (Wildman–Crippen LogP) is 1.65. The summed E-state index contributed by atoms with van der Waals surface area (Å²) in [6.45, 7) is 6.86. The van der Waals surface area contributed by atoms with Gasteiger partial charge in [0.1, 0.15) is 5.58 Å². The molecule has 0 fully saturated rings. The highest BCUT2D eigenvalue weighted by molar-refractivity contribution is 5.84. The zero-order chi connectivity index (χ0) is 20.2. The maximum Gasteiger partial charge on any atom is 0.344 e. The van der Waals surface area contributed by atoms with Gasteiger partial charge in [-0.25, -0.2) is 9.36 Å². The molecule has 4 aromatic rings. The van der Waals surface area contributed by atoms with E-state index in [0.717, 1.165) is 36.3 Å². The Balaban J connectivity index is 0.00000256. The molecule has 0 saturated carbocycles. The molecule has 0 aliphatic carbocycles. The van der Waals surface area contributed by atoms with Gasteiger partial charge in [-0.1, -0.05) is 30.3 Å². The Bertz CT molecular complexity index is 1170. The van der Waals surface area contributed by atoms with Gasteiger partial charge in [0.2, 0.25) is 0 Å². The topological polar surface area (TPSA) is 37.3 Å². The Morgan fingerprint density at radius 2 is 1.60 bits per heavy atom. The molecule has 0 bridgehead atoms. The van der Waals surface area contributed by atoms with E-state index in [0.29, 0.717) is 11.1 Å². The van der Waals surface area contributed by atoms with Crippen molar-refractivity contribution in [2.75, 3.05) is 18.0 Å². The molecule has 0 unspecified atom stereocenters. The summed E-state index contributed by atoms with van der Waals surface area (Å²) in [6, 6.07) is 22.2. The average molecular weight is 465 g/mol. The van der Waals surface area contributed by atoms with Crippen molar-refractivity contribution in [2.24, 2.45) is 0 Å². The molecule has 0 saturated heterocycles. The highest BCUT2D eigenvalue weighted by Crippen LogP contribution is 2.24. The number of pyridine rings is 1. The number of nitrogens with zero attached hydrogens (tertiary/aromatic N) is 2. The van der Waals surface area contributed by atoms with Crippen LogP contribution in [0.1, 0.15) is 19.4 Å². The number of hydrogen-bond acceptors (Lipinski definition) is 3. The van der Waals surface area contributed by atoms with Crippen LogP contribution in [0.2, 0.25) is 0 Å². The minimum absolute atomic E-state index is 0. The van der Waals surface area contributed by atoms with Crippen LogP contribution in [0, 0.1) is 0 Å². The molecule has 0 atom stereocenters. The first-order valence-electron chi connectivity index (χ1n) is 10.0. The molecular formula is C25H25BrN2O2. The fourth-order valence-corrected chi connectivity index (χ4v) is 3.62. The van der Waals surface area contributed by atoms with E-state index in [1.54, 1.807) is 0 Å². The van der Waals surface area contributed by atoms with Crippen molar-refractivity contribution < 1.29 is 26.0 Å². The number of anilines is 1. The summed E-state index contributed by atoms with van der Waals surface area (Å²) in [5, 5.41) is 0.927. The van der Waals surface area contributed by atoms with E-state index in [-0.39, 0.29) is 22.6 Å². The number of rotatable bonds is 6. The molecule has 0 aliphatic heterocycles. The van der Waals surface area contributed by atoms with Crippen LogP contribution in [0.25, 0.3) is 22.1 Å². The molecule has 0 aliphatic rings. The molecule has 5 heteroatoms. The van der Waals surface area contributed by atoms with Crippen LogP contribution in [0.3, 0.4) is 0 Å². The minimum atomic E-state index is -0.310. The average Bonchev–Trinajstić information content (AvgIpc) is 2.75. The zero-order valence-electron chi connectivity index (χ0n) is 17.2. The van der Waals surface area contributed by atoms with Crippen molar-refractivity contribution in [3.8, 4) is 11.1 Å². The first-order chi connectivity index (χ1) is 14.2. The van der Waals surface area contributed by atoms with Gasteiger partial charge in [-0.15, -0.1) is 0 Å². The second-order valence-electron chi connectivity index (χ2n) is 7.09. The smallest absolute Gasteiger partial charge is 0.344 e. The van der Waals surface area contributed by atoms with Crippen molar-refractivity contribution in [1.82, 2.24) is 0 Å². The van der Waals surface area contributed by atoms with Crippen molar-refractivity contribution in [1.29, 1.82) is 0 Å². The van der Waals surface area contributed by atoms with E-state index in [1.165, 1.54) is 5.56 Å². The van der Waals surface area contributed by atoms with Crippen molar-refractivity contribution in [3.63, 3.8) is 0 Å². The van der Waals surface area contributed by atoms with Gasteiger partial charge in [0.15, 0.2) is 18.9 Å². The van der Waals surface area contributed by atoms with Crippen molar-refractivity contribution in [3.05, 3.63) is 95.1 Å². The van der Waals surface area contributed by atoms with Gasteiger partial charge in [-0.05, 0) is 32.0 Å². The molecule has 30 heavy (non-hydrogen) atoms. The van der Waals surface area contributed by atoms with Gasteiger partial charge in [0.25, 0.3) is 0 Å². The maximum atomic E-state index is 12.6. The van der Waals surface area contributed by atoms with Crippen LogP contribution in [0.4, 0.5) is 5.69 Å². The quantitative estimate of drug-likeness (QED) is 0.321. The second kappa shape index (κ2) is 9.72. The lowest BCUT2D eigenvalue weighted by Crippen LogP contribution is -3.00. The number of aromatic nitrogens is 1. The monoisotopic (exact) mass is 464 g/mol. The van der Waals surface area contributed by atoms with Gasteiger partial charge < -0.3 is 26.3 Å². The predicted molar refractivity (Wildman–Crippen MR) is 117 cm³/mol. The zero-order valence-corrected chi connectivity index (χ0v) is 18.8. The fourth-order valence-electron chi connectivity index (χ4n) is 3.62. The number of benzene rings is 2. The molecule has 2 aromatic carbocycles. The Labute approximate surface area is 187 Å². The standard InChI is InChI=1S/C25H25N2O2.BrH/c1-3-27(4-2)22-11-10-21-16-23(25(28)29-24(21)17-22)20-12-14-26(15-13-20)18-19-8-6-5-7-9-19;/h5-17H,3-4,18H2,1-2H3;1H/q+1;/p-1. The molecule has 4 rings (SSSR count). The van der Waals surface area contributed by atoms with Gasteiger partial charge in [-0.2, -0.15) is 0 Å². The lowest BCUT2D eigenvalue weighted by molar-refractivity contribution is -0.688. The molecular weight excluding hydrogens is 440 g/mol. The van der Waals surface area contributed by atoms with Crippen LogP contribution >= 0.6 is 0 Å². The van der Waals surface area contributed by atoms with E-state index in [1.807, 2.05) is 60.9 Å². The molecule has 0 spiro atoms. The summed E-state index contributed by atoms with van der Waals surface area (Å²) < 4.78 is 7.76. The van der Waals surface area contributed by atoms with E-state index in [4.69, 9.17) is 4.42 Å². The lowest BCUT2D eigenvalue weighted by atomic mass is 10.1. The molecule has 0 radical (unpaired) electrons. The highest BCUT2D eigenvalue weighted by Gasteiger charge is 2.12. The normalized spacial score (nSPS) is 10.6. The van der Waals surface area contributed by atoms with Crippen LogP contribution in [0.15, 0.2) is 88.3 Å².